The van der Waals surface area contributed by atoms with E-state index < -0.39 is 0 Å². The van der Waals surface area contributed by atoms with Crippen LogP contribution in [0.1, 0.15) is 35.9 Å². The van der Waals surface area contributed by atoms with Gasteiger partial charge in [0, 0.05) is 10.6 Å². The minimum Gasteiger partial charge on any atom is -0.361 e. The smallest absolute Gasteiger partial charge is 0.141 e. The predicted octanol–water partition coefficient (Wildman–Crippen LogP) is 5.78. The topological polar surface area (TPSA) is 26.0 Å². The predicted molar refractivity (Wildman–Crippen MR) is 95.5 cm³/mol. The fraction of sp³-hybridized carbons (Fsp3) is 0.350. The van der Waals surface area contributed by atoms with Crippen molar-refractivity contribution in [1.29, 1.82) is 0 Å². The molecule has 3 heteroatoms. The van der Waals surface area contributed by atoms with Gasteiger partial charge in [0.05, 0.1) is 5.69 Å². The first-order valence-electron chi connectivity index (χ1n) is 8.10. The van der Waals surface area contributed by atoms with Crippen molar-refractivity contribution in [3.05, 3.63) is 70.1 Å². The Bertz CT molecular complexity index is 720. The van der Waals surface area contributed by atoms with E-state index in [1.54, 1.807) is 0 Å². The van der Waals surface area contributed by atoms with Crippen LogP contribution in [0, 0.1) is 25.7 Å². The minimum absolute atomic E-state index is 0.565. The molecule has 0 fully saturated rings. The van der Waals surface area contributed by atoms with Crippen molar-refractivity contribution in [2.24, 2.45) is 11.8 Å². The molecule has 23 heavy (non-hydrogen) atoms. The number of aryl methyl sites for hydroxylation is 2. The fourth-order valence-electron chi connectivity index (χ4n) is 3.28. The van der Waals surface area contributed by atoms with Crippen LogP contribution in [0.3, 0.4) is 0 Å². The molecule has 120 valence electrons. The quantitative estimate of drug-likeness (QED) is 0.711. The third kappa shape index (κ3) is 3.59. The highest BCUT2D eigenvalue weighted by Gasteiger charge is 2.20. The lowest BCUT2D eigenvalue weighted by molar-refractivity contribution is 0.393. The van der Waals surface area contributed by atoms with Gasteiger partial charge in [0.1, 0.15) is 5.76 Å². The second kappa shape index (κ2) is 6.76. The molecule has 0 bridgehead atoms. The monoisotopic (exact) mass is 327 g/mol. The molecule has 0 spiro atoms. The summed E-state index contributed by atoms with van der Waals surface area (Å²) in [6, 6.07) is 8.18. The standard InChI is InChI=1S/C20H22ClNO/c1-13(12-16-4-10-19(21)11-5-16)17-6-8-18(9-7-17)20-14(2)22-23-15(20)3/h4-6,8-11,13,17H,7,12H2,1-3H3. The summed E-state index contributed by atoms with van der Waals surface area (Å²) in [4.78, 5) is 0. The van der Waals surface area contributed by atoms with E-state index in [2.05, 4.69) is 42.4 Å². The third-order valence-corrected chi connectivity index (χ3v) is 4.91. The van der Waals surface area contributed by atoms with Crippen LogP contribution in [-0.2, 0) is 6.42 Å². The zero-order valence-corrected chi connectivity index (χ0v) is 14.6. The Kier molecular flexibility index (Phi) is 4.72. The van der Waals surface area contributed by atoms with E-state index >= 15 is 0 Å². The van der Waals surface area contributed by atoms with Gasteiger partial charge in [-0.1, -0.05) is 54.0 Å². The molecule has 1 aliphatic carbocycles. The maximum atomic E-state index is 5.96. The van der Waals surface area contributed by atoms with E-state index in [0.717, 1.165) is 34.9 Å². The van der Waals surface area contributed by atoms with Crippen LogP contribution in [0.2, 0.25) is 5.02 Å². The van der Waals surface area contributed by atoms with Crippen LogP contribution in [0.25, 0.3) is 5.57 Å². The maximum Gasteiger partial charge on any atom is 0.141 e. The highest BCUT2D eigenvalue weighted by molar-refractivity contribution is 6.30. The van der Waals surface area contributed by atoms with E-state index in [4.69, 9.17) is 16.1 Å². The van der Waals surface area contributed by atoms with Crippen LogP contribution >= 0.6 is 11.6 Å². The largest absolute Gasteiger partial charge is 0.361 e. The Balaban J connectivity index is 1.66. The number of benzene rings is 1. The number of nitrogens with zero attached hydrogens (tertiary/aromatic N) is 1. The van der Waals surface area contributed by atoms with Gasteiger partial charge < -0.3 is 4.52 Å². The molecule has 0 amide bonds. The number of aromatic nitrogens is 1. The lowest BCUT2D eigenvalue weighted by Gasteiger charge is -2.23. The van der Waals surface area contributed by atoms with Crippen molar-refractivity contribution in [2.45, 2.75) is 33.6 Å². The van der Waals surface area contributed by atoms with Gasteiger partial charge in [-0.25, -0.2) is 0 Å². The van der Waals surface area contributed by atoms with Gasteiger partial charge in [0.2, 0.25) is 0 Å². The molecule has 0 saturated carbocycles. The Hall–Kier alpha value is -1.80. The maximum absolute atomic E-state index is 5.96. The van der Waals surface area contributed by atoms with Gasteiger partial charge in [-0.2, -0.15) is 0 Å². The number of halogens is 1. The summed E-state index contributed by atoms with van der Waals surface area (Å²) in [7, 11) is 0. The molecule has 2 atom stereocenters. The van der Waals surface area contributed by atoms with E-state index in [9.17, 15) is 0 Å². The zero-order valence-electron chi connectivity index (χ0n) is 13.8. The normalized spacial score (nSPS) is 18.8. The van der Waals surface area contributed by atoms with Gasteiger partial charge >= 0.3 is 0 Å². The SMILES string of the molecule is Cc1noc(C)c1C1=CCC(C(C)Cc2ccc(Cl)cc2)C=C1. The average Bonchev–Trinajstić information content (AvgIpc) is 2.88. The molecule has 0 radical (unpaired) electrons. The Morgan fingerprint density at radius 3 is 2.57 bits per heavy atom. The highest BCUT2D eigenvalue weighted by Crippen LogP contribution is 2.32. The Morgan fingerprint density at radius 2 is 2.00 bits per heavy atom. The average molecular weight is 328 g/mol. The van der Waals surface area contributed by atoms with Gasteiger partial charge in [0.15, 0.2) is 0 Å². The molecule has 2 nitrogen and oxygen atoms in total. The van der Waals surface area contributed by atoms with Gasteiger partial charge in [-0.15, -0.1) is 0 Å². The van der Waals surface area contributed by atoms with Gasteiger partial charge in [-0.05, 0) is 61.8 Å². The number of allylic oxidation sites excluding steroid dienone is 4. The molecule has 1 heterocycles. The van der Waals surface area contributed by atoms with Crippen LogP contribution < -0.4 is 0 Å². The summed E-state index contributed by atoms with van der Waals surface area (Å²) in [6.45, 7) is 6.29. The van der Waals surface area contributed by atoms with Crippen LogP contribution in [0.4, 0.5) is 0 Å². The van der Waals surface area contributed by atoms with E-state index in [0.29, 0.717) is 11.8 Å². The molecular formula is C20H22ClNO. The first-order valence-corrected chi connectivity index (χ1v) is 8.48. The van der Waals surface area contributed by atoms with Crippen molar-refractivity contribution < 1.29 is 4.52 Å². The molecule has 1 aromatic carbocycles. The zero-order chi connectivity index (χ0) is 16.4. The van der Waals surface area contributed by atoms with Crippen LogP contribution in [0.15, 0.2) is 47.0 Å². The molecular weight excluding hydrogens is 306 g/mol. The summed E-state index contributed by atoms with van der Waals surface area (Å²) in [5.41, 5.74) is 4.68. The second-order valence-electron chi connectivity index (χ2n) is 6.43. The van der Waals surface area contributed by atoms with Crippen LogP contribution in [0.5, 0.6) is 0 Å². The van der Waals surface area contributed by atoms with Crippen molar-refractivity contribution in [3.63, 3.8) is 0 Å². The molecule has 0 aliphatic heterocycles. The molecule has 3 rings (SSSR count). The van der Waals surface area contributed by atoms with Crippen molar-refractivity contribution in [1.82, 2.24) is 5.16 Å². The Morgan fingerprint density at radius 1 is 1.26 bits per heavy atom. The molecule has 1 aromatic heterocycles. The van der Waals surface area contributed by atoms with Crippen molar-refractivity contribution >= 4 is 17.2 Å². The Labute approximate surface area is 142 Å². The lowest BCUT2D eigenvalue weighted by Crippen LogP contribution is -2.13. The first kappa shape index (κ1) is 16.1. The van der Waals surface area contributed by atoms with Crippen molar-refractivity contribution in [3.8, 4) is 0 Å². The summed E-state index contributed by atoms with van der Waals surface area (Å²) < 4.78 is 5.28. The van der Waals surface area contributed by atoms with E-state index in [1.165, 1.54) is 11.1 Å². The summed E-state index contributed by atoms with van der Waals surface area (Å²) >= 11 is 5.96. The highest BCUT2D eigenvalue weighted by atomic mass is 35.5. The molecule has 0 N–H and O–H groups in total. The minimum atomic E-state index is 0.565. The van der Waals surface area contributed by atoms with Gasteiger partial charge in [0.25, 0.3) is 0 Å². The second-order valence-corrected chi connectivity index (χ2v) is 6.86. The third-order valence-electron chi connectivity index (χ3n) is 4.66. The first-order chi connectivity index (χ1) is 11.0. The van der Waals surface area contributed by atoms with Crippen molar-refractivity contribution in [2.75, 3.05) is 0 Å². The number of hydrogen-bond donors (Lipinski definition) is 0. The number of hydrogen-bond acceptors (Lipinski definition) is 2. The summed E-state index contributed by atoms with van der Waals surface area (Å²) in [5.74, 6) is 2.05. The molecule has 2 aromatic rings. The molecule has 0 saturated heterocycles. The lowest BCUT2D eigenvalue weighted by atomic mass is 9.82. The van der Waals surface area contributed by atoms with Crippen LogP contribution in [-0.4, -0.2) is 5.16 Å². The molecule has 2 unspecified atom stereocenters. The van der Waals surface area contributed by atoms with Gasteiger partial charge in [-0.3, -0.25) is 0 Å². The summed E-state index contributed by atoms with van der Waals surface area (Å²) in [5, 5.41) is 4.85. The number of rotatable bonds is 4. The molecule has 1 aliphatic rings. The van der Waals surface area contributed by atoms with E-state index in [1.807, 2.05) is 26.0 Å². The summed E-state index contributed by atoms with van der Waals surface area (Å²) in [6.07, 6.45) is 9.00. The fourth-order valence-corrected chi connectivity index (χ4v) is 3.41. The van der Waals surface area contributed by atoms with E-state index in [-0.39, 0.29) is 0 Å².